The maximum Gasteiger partial charge on any atom is 0.177 e. The van der Waals surface area contributed by atoms with Gasteiger partial charge in [-0.2, -0.15) is 0 Å². The van der Waals surface area contributed by atoms with Crippen LogP contribution in [0.25, 0.3) is 11.2 Å². The number of aromatic amines is 1. The van der Waals surface area contributed by atoms with E-state index in [0.29, 0.717) is 0 Å². The molecule has 0 aliphatic rings. The Morgan fingerprint density at radius 1 is 1.11 bits per heavy atom. The van der Waals surface area contributed by atoms with Gasteiger partial charge in [-0.1, -0.05) is 30.3 Å². The Bertz CT molecular complexity index is 676. The Balaban J connectivity index is 1.65. The van der Waals surface area contributed by atoms with Crippen molar-refractivity contribution in [2.24, 2.45) is 0 Å². The molecule has 1 N–H and O–H groups in total. The van der Waals surface area contributed by atoms with Gasteiger partial charge in [-0.15, -0.1) is 0 Å². The lowest BCUT2D eigenvalue weighted by molar-refractivity contribution is 0.785. The van der Waals surface area contributed by atoms with E-state index in [9.17, 15) is 0 Å². The normalized spacial score (nSPS) is 11.0. The molecule has 1 aromatic carbocycles. The minimum absolute atomic E-state index is 0.790. The Kier molecular flexibility index (Phi) is 3.60. The summed E-state index contributed by atoms with van der Waals surface area (Å²) in [7, 11) is 0. The van der Waals surface area contributed by atoms with Crippen molar-refractivity contribution in [1.29, 1.82) is 0 Å². The second kappa shape index (κ2) is 5.53. The zero-order valence-electron chi connectivity index (χ0n) is 10.4. The van der Waals surface area contributed by atoms with E-state index >= 15 is 0 Å². The molecule has 0 bridgehead atoms. The van der Waals surface area contributed by atoms with Crippen molar-refractivity contribution in [3.63, 3.8) is 0 Å². The molecule has 19 heavy (non-hydrogen) atoms. The average Bonchev–Trinajstić information content (AvgIpc) is 2.82. The lowest BCUT2D eigenvalue weighted by atomic mass is 10.1. The molecule has 0 fully saturated rings. The number of halogens is 1. The van der Waals surface area contributed by atoms with E-state index in [1.165, 1.54) is 5.56 Å². The molecule has 0 aliphatic carbocycles. The van der Waals surface area contributed by atoms with Gasteiger partial charge in [0.15, 0.2) is 5.65 Å². The third-order valence-corrected chi connectivity index (χ3v) is 3.51. The molecule has 3 aromatic rings. The van der Waals surface area contributed by atoms with Crippen molar-refractivity contribution in [2.45, 2.75) is 19.3 Å². The van der Waals surface area contributed by atoms with E-state index in [0.717, 1.165) is 40.7 Å². The molecular weight excluding hydrogens is 302 g/mol. The molecule has 3 rings (SSSR count). The minimum atomic E-state index is 0.790. The molecule has 0 saturated carbocycles. The molecule has 3 nitrogen and oxygen atoms in total. The molecule has 0 radical (unpaired) electrons. The monoisotopic (exact) mass is 315 g/mol. The van der Waals surface area contributed by atoms with Gasteiger partial charge in [-0.3, -0.25) is 0 Å². The predicted octanol–water partition coefficient (Wildman–Crippen LogP) is 3.90. The van der Waals surface area contributed by atoms with E-state index in [2.05, 4.69) is 55.1 Å². The van der Waals surface area contributed by atoms with Crippen molar-refractivity contribution in [2.75, 3.05) is 0 Å². The highest BCUT2D eigenvalue weighted by Gasteiger charge is 2.04. The molecule has 4 heteroatoms. The molecule has 0 amide bonds. The average molecular weight is 316 g/mol. The molecule has 0 atom stereocenters. The first-order chi connectivity index (χ1) is 9.31. The number of benzene rings is 1. The summed E-state index contributed by atoms with van der Waals surface area (Å²) in [6.07, 6.45) is 4.89. The number of rotatable bonds is 4. The van der Waals surface area contributed by atoms with Gasteiger partial charge in [-0.05, 0) is 40.4 Å². The fourth-order valence-electron chi connectivity index (χ4n) is 2.15. The zero-order valence-corrected chi connectivity index (χ0v) is 12.0. The van der Waals surface area contributed by atoms with E-state index in [1.54, 1.807) is 6.20 Å². The summed E-state index contributed by atoms with van der Waals surface area (Å²) in [5.41, 5.74) is 3.15. The SMILES string of the molecule is Brc1cnc2nc(CCCc3ccccc3)[nH]c2c1. The number of hydrogen-bond acceptors (Lipinski definition) is 2. The van der Waals surface area contributed by atoms with Gasteiger partial charge in [0, 0.05) is 17.1 Å². The third kappa shape index (κ3) is 3.01. The first-order valence-corrected chi connectivity index (χ1v) is 7.14. The molecule has 96 valence electrons. The van der Waals surface area contributed by atoms with Crippen LogP contribution >= 0.6 is 15.9 Å². The van der Waals surface area contributed by atoms with Gasteiger partial charge in [0.1, 0.15) is 5.82 Å². The number of H-pyrrole nitrogens is 1. The summed E-state index contributed by atoms with van der Waals surface area (Å²) in [6.45, 7) is 0. The highest BCUT2D eigenvalue weighted by atomic mass is 79.9. The van der Waals surface area contributed by atoms with Crippen LogP contribution in [0.15, 0.2) is 47.1 Å². The number of pyridine rings is 1. The summed E-state index contributed by atoms with van der Waals surface area (Å²) in [5.74, 6) is 1.01. The molecule has 0 saturated heterocycles. The smallest absolute Gasteiger partial charge is 0.177 e. The number of hydrogen-bond donors (Lipinski definition) is 1. The highest BCUT2D eigenvalue weighted by molar-refractivity contribution is 9.10. The second-order valence-corrected chi connectivity index (χ2v) is 5.46. The van der Waals surface area contributed by atoms with Crippen LogP contribution in [0.4, 0.5) is 0 Å². The van der Waals surface area contributed by atoms with Gasteiger partial charge in [0.25, 0.3) is 0 Å². The number of nitrogens with zero attached hydrogens (tertiary/aromatic N) is 2. The fourth-order valence-corrected chi connectivity index (χ4v) is 2.48. The van der Waals surface area contributed by atoms with Crippen molar-refractivity contribution < 1.29 is 0 Å². The van der Waals surface area contributed by atoms with Crippen LogP contribution in [0.2, 0.25) is 0 Å². The van der Waals surface area contributed by atoms with E-state index in [1.807, 2.05) is 12.1 Å². The lowest BCUT2D eigenvalue weighted by Gasteiger charge is -1.99. The Morgan fingerprint density at radius 2 is 1.95 bits per heavy atom. The standard InChI is InChI=1S/C15H14BrN3/c16-12-9-13-15(17-10-12)19-14(18-13)8-4-7-11-5-2-1-3-6-11/h1-3,5-6,9-10H,4,7-8H2,(H,17,18,19). The van der Waals surface area contributed by atoms with Crippen LogP contribution in [0.1, 0.15) is 17.8 Å². The van der Waals surface area contributed by atoms with Crippen LogP contribution in [0.3, 0.4) is 0 Å². The number of imidazole rings is 1. The molecule has 0 spiro atoms. The van der Waals surface area contributed by atoms with Gasteiger partial charge in [0.05, 0.1) is 5.52 Å². The second-order valence-electron chi connectivity index (χ2n) is 4.55. The fraction of sp³-hybridized carbons (Fsp3) is 0.200. The van der Waals surface area contributed by atoms with Gasteiger partial charge < -0.3 is 4.98 Å². The van der Waals surface area contributed by atoms with Crippen LogP contribution < -0.4 is 0 Å². The minimum Gasteiger partial charge on any atom is -0.341 e. The number of fused-ring (bicyclic) bond motifs is 1. The number of aryl methyl sites for hydroxylation is 2. The van der Waals surface area contributed by atoms with Crippen molar-refractivity contribution in [3.05, 3.63) is 58.5 Å². The van der Waals surface area contributed by atoms with E-state index in [4.69, 9.17) is 0 Å². The van der Waals surface area contributed by atoms with E-state index in [-0.39, 0.29) is 0 Å². The Hall–Kier alpha value is -1.68. The molecule has 2 aromatic heterocycles. The highest BCUT2D eigenvalue weighted by Crippen LogP contribution is 2.16. The maximum atomic E-state index is 4.50. The van der Waals surface area contributed by atoms with Gasteiger partial charge in [-0.25, -0.2) is 9.97 Å². The quantitative estimate of drug-likeness (QED) is 0.793. The topological polar surface area (TPSA) is 41.6 Å². The van der Waals surface area contributed by atoms with E-state index < -0.39 is 0 Å². The van der Waals surface area contributed by atoms with Crippen molar-refractivity contribution in [3.8, 4) is 0 Å². The molecule has 0 unspecified atom stereocenters. The Labute approximate surface area is 120 Å². The summed E-state index contributed by atoms with van der Waals surface area (Å²) in [4.78, 5) is 12.1. The number of nitrogens with one attached hydrogen (secondary N) is 1. The van der Waals surface area contributed by atoms with Crippen molar-refractivity contribution in [1.82, 2.24) is 15.0 Å². The third-order valence-electron chi connectivity index (χ3n) is 3.07. The van der Waals surface area contributed by atoms with Crippen LogP contribution in [-0.4, -0.2) is 15.0 Å². The molecule has 2 heterocycles. The summed E-state index contributed by atoms with van der Waals surface area (Å²) < 4.78 is 0.972. The Morgan fingerprint density at radius 3 is 2.79 bits per heavy atom. The first-order valence-electron chi connectivity index (χ1n) is 6.35. The molecule has 0 aliphatic heterocycles. The van der Waals surface area contributed by atoms with Crippen LogP contribution in [0, 0.1) is 0 Å². The van der Waals surface area contributed by atoms with Crippen LogP contribution in [0.5, 0.6) is 0 Å². The largest absolute Gasteiger partial charge is 0.341 e. The van der Waals surface area contributed by atoms with Crippen LogP contribution in [-0.2, 0) is 12.8 Å². The maximum absolute atomic E-state index is 4.50. The predicted molar refractivity (Wildman–Crippen MR) is 80.1 cm³/mol. The summed E-state index contributed by atoms with van der Waals surface area (Å²) in [6, 6.07) is 12.5. The zero-order chi connectivity index (χ0) is 13.1. The molecular formula is C15H14BrN3. The number of aromatic nitrogens is 3. The summed E-state index contributed by atoms with van der Waals surface area (Å²) in [5, 5.41) is 0. The summed E-state index contributed by atoms with van der Waals surface area (Å²) >= 11 is 3.41. The first kappa shape index (κ1) is 12.4. The van der Waals surface area contributed by atoms with Gasteiger partial charge >= 0.3 is 0 Å². The van der Waals surface area contributed by atoms with Crippen molar-refractivity contribution >= 4 is 27.1 Å². The van der Waals surface area contributed by atoms with Gasteiger partial charge in [0.2, 0.25) is 0 Å². The lowest BCUT2D eigenvalue weighted by Crippen LogP contribution is -1.91.